The molecule has 13 heteroatoms. The summed E-state index contributed by atoms with van der Waals surface area (Å²) in [7, 11) is 0. The monoisotopic (exact) mass is 2200 g/mol. The lowest BCUT2D eigenvalue weighted by Crippen LogP contribution is -2.33. The topological polar surface area (TPSA) is 93.4 Å². The minimum absolute atomic E-state index is 0. The molecular formula is C136H93Br4ClN2O6. The second-order valence-corrected chi connectivity index (χ2v) is 40.1. The first-order chi connectivity index (χ1) is 72.8. The van der Waals surface area contributed by atoms with Crippen molar-refractivity contribution in [3.8, 4) is 101 Å². The normalized spacial score (nSPS) is 13.3. The van der Waals surface area contributed by atoms with Crippen molar-refractivity contribution in [2.75, 3.05) is 10.2 Å². The maximum Gasteiger partial charge on any atom is 0.200 e. The van der Waals surface area contributed by atoms with E-state index in [1.807, 2.05) is 152 Å². The molecule has 2 spiro atoms. The van der Waals surface area contributed by atoms with Crippen LogP contribution in [-0.4, -0.2) is 5.11 Å². The lowest BCUT2D eigenvalue weighted by Gasteiger charge is -2.40. The average Bonchev–Trinajstić information content (AvgIpc) is 1.53. The minimum atomic E-state index is -1.33. The van der Waals surface area contributed by atoms with Crippen LogP contribution in [0, 0.1) is 0 Å². The Morgan fingerprint density at radius 3 is 1.04 bits per heavy atom. The summed E-state index contributed by atoms with van der Waals surface area (Å²) >= 11 is 14.1. The predicted octanol–water partition coefficient (Wildman–Crippen LogP) is 38.1. The molecule has 4 heterocycles. The Kier molecular flexibility index (Phi) is 28.0. The number of halogens is 5. The molecule has 2 aliphatic carbocycles. The molecule has 3 aliphatic heterocycles. The summed E-state index contributed by atoms with van der Waals surface area (Å²) in [5.74, 6) is 4.97. The van der Waals surface area contributed by atoms with E-state index in [9.17, 15) is 9.90 Å². The third kappa shape index (κ3) is 18.7. The molecule has 2 N–H and O–H groups in total. The van der Waals surface area contributed by atoms with E-state index in [1.165, 1.54) is 94.6 Å². The number of anilines is 5. The highest BCUT2D eigenvalue weighted by atomic mass is 79.9. The van der Waals surface area contributed by atoms with Gasteiger partial charge in [0, 0.05) is 85.3 Å². The van der Waals surface area contributed by atoms with Crippen molar-refractivity contribution >= 4 is 127 Å². The summed E-state index contributed by atoms with van der Waals surface area (Å²) < 4.78 is 28.8. The van der Waals surface area contributed by atoms with Crippen molar-refractivity contribution in [3.63, 3.8) is 0 Å². The lowest BCUT2D eigenvalue weighted by atomic mass is 9.66. The number of hydrogen-bond donors (Lipinski definition) is 2. The van der Waals surface area contributed by atoms with Gasteiger partial charge in [0.2, 0.25) is 5.43 Å². The third-order valence-corrected chi connectivity index (χ3v) is 30.1. The van der Waals surface area contributed by atoms with Gasteiger partial charge >= 0.3 is 0 Å². The van der Waals surface area contributed by atoms with Crippen molar-refractivity contribution in [3.05, 3.63) is 635 Å². The minimum Gasteiger partial charge on any atom is -0.457 e. The SMILES string of the molecule is Brc1ccc2c(c1)C1(c3ccccc3O2)c2ccccc2-c2ccccc21.Brc1ccccc1-c1ccccc1.Cl.O=c1c2ccccc2oc2ccc(Br)cc12.OC1(c2ccccc2-c2ccccc2)c2ccccc2Oc2ccc(Br)cc21.c1ccc(-c2ccc(N(c3ccccc3)c3ccc4c(c3)C3(c5ccccc5O4)c4ccccc4-c4ccccc43)cc2)cc1.c1ccc(Nc2ccc(-c3ccccc3)cc2)cc1. The van der Waals surface area contributed by atoms with E-state index in [1.54, 1.807) is 24.3 Å². The molecule has 1 aromatic heterocycles. The highest BCUT2D eigenvalue weighted by molar-refractivity contribution is 9.11. The highest BCUT2D eigenvalue weighted by Gasteiger charge is 2.53. The fourth-order valence-corrected chi connectivity index (χ4v) is 23.0. The zero-order valence-electron chi connectivity index (χ0n) is 80.3. The third-order valence-electron chi connectivity index (χ3n) is 27.9. The fourth-order valence-electron chi connectivity index (χ4n) is 21.4. The van der Waals surface area contributed by atoms with Crippen LogP contribution in [-0.2, 0) is 16.4 Å². The molecule has 0 radical (unpaired) electrons. The van der Waals surface area contributed by atoms with Crippen molar-refractivity contribution in [1.29, 1.82) is 0 Å². The van der Waals surface area contributed by atoms with Gasteiger partial charge in [-0.05, 0) is 247 Å². The van der Waals surface area contributed by atoms with E-state index >= 15 is 0 Å². The van der Waals surface area contributed by atoms with Crippen LogP contribution < -0.4 is 29.9 Å². The van der Waals surface area contributed by atoms with Gasteiger partial charge < -0.3 is 34.0 Å². The van der Waals surface area contributed by atoms with Crippen LogP contribution in [0.3, 0.4) is 0 Å². The molecule has 149 heavy (non-hydrogen) atoms. The summed E-state index contributed by atoms with van der Waals surface area (Å²) in [6.07, 6.45) is 0. The Bertz CT molecular complexity index is 8800. The van der Waals surface area contributed by atoms with Gasteiger partial charge in [0.25, 0.3) is 0 Å². The van der Waals surface area contributed by atoms with Crippen LogP contribution in [0.5, 0.6) is 34.5 Å². The summed E-state index contributed by atoms with van der Waals surface area (Å²) in [6.45, 7) is 0. The predicted molar refractivity (Wildman–Crippen MR) is 626 cm³/mol. The number of nitrogens with zero attached hydrogens (tertiary/aromatic N) is 1. The standard InChI is InChI=1S/C43H29NO.C25H17BrO2.C25H15BrO.C18H15N.C13H7BrO2.C12H9Br.ClH/c1-3-13-30(14-4-1)31-23-25-33(26-24-31)44(32-15-5-2-6-16-32)34-27-28-42-40(29-34)43(39-21-11-12-22-41(39)45-42)37-19-9-7-17-35(37)36-18-8-10-20-38(36)43;26-18-14-15-24-22(16-18)25(27,21-12-6-7-13-23(21)28-24)20-11-5-4-10-19(20)17-8-2-1-3-9-17;26-16-13-14-24-22(15-16)25(21-11-5-6-12-23(21)27-24)19-9-3-1-7-17(19)18-8-2-4-10-20(18)25;1-3-7-15(8-4-1)16-11-13-18(14-12-16)19-17-9-5-2-6-10-17;14-8-5-6-12-10(7-8)13(15)9-3-1-2-4-11(9)16-12;13-12-9-5-4-8-11(12)10-6-2-1-3-7-10;/h1-29H;1-16,27H;1-15H;1-14,19H;1-7H;1-9H;1H. The van der Waals surface area contributed by atoms with Gasteiger partial charge in [-0.3, -0.25) is 4.79 Å². The summed E-state index contributed by atoms with van der Waals surface area (Å²) in [6, 6.07) is 187. The molecular weight excluding hydrogens is 2110 g/mol. The molecule has 0 fully saturated rings. The van der Waals surface area contributed by atoms with Crippen LogP contribution in [0.4, 0.5) is 28.4 Å². The molecule has 5 aliphatic rings. The molecule has 22 aromatic carbocycles. The average molecular weight is 2210 g/mol. The molecule has 0 bridgehead atoms. The first-order valence-electron chi connectivity index (χ1n) is 49.1. The van der Waals surface area contributed by atoms with Crippen LogP contribution >= 0.6 is 76.1 Å². The van der Waals surface area contributed by atoms with Crippen LogP contribution in [0.25, 0.3) is 88.7 Å². The molecule has 1 atom stereocenters. The van der Waals surface area contributed by atoms with Gasteiger partial charge in [-0.25, -0.2) is 0 Å². The number of nitrogens with one attached hydrogen (secondary N) is 1. The zero-order valence-corrected chi connectivity index (χ0v) is 87.5. The molecule has 718 valence electrons. The van der Waals surface area contributed by atoms with E-state index in [0.29, 0.717) is 33.4 Å². The quantitative estimate of drug-likeness (QED) is 0.131. The van der Waals surface area contributed by atoms with Crippen LogP contribution in [0.2, 0.25) is 0 Å². The van der Waals surface area contributed by atoms with E-state index in [4.69, 9.17) is 18.6 Å². The first kappa shape index (κ1) is 97.2. The number of fused-ring (bicyclic) bond motifs is 22. The van der Waals surface area contributed by atoms with Crippen molar-refractivity contribution in [1.82, 2.24) is 0 Å². The number of benzene rings is 22. The molecule has 0 saturated heterocycles. The maximum atomic E-state index is 12.3. The summed E-state index contributed by atoms with van der Waals surface area (Å²) in [4.78, 5) is 14.5. The second-order valence-electron chi connectivity index (χ2n) is 36.5. The first-order valence-corrected chi connectivity index (χ1v) is 52.2. The smallest absolute Gasteiger partial charge is 0.200 e. The number of hydrogen-bond acceptors (Lipinski definition) is 8. The Hall–Kier alpha value is -16.5. The Balaban J connectivity index is 0.000000106. The highest BCUT2D eigenvalue weighted by Crippen LogP contribution is 2.65. The largest absolute Gasteiger partial charge is 0.457 e. The zero-order chi connectivity index (χ0) is 100. The molecule has 0 amide bonds. The van der Waals surface area contributed by atoms with Crippen LogP contribution in [0.15, 0.2) is 573 Å². The Morgan fingerprint density at radius 2 is 0.537 bits per heavy atom. The number of aliphatic hydroxyl groups is 1. The number of para-hydroxylation sites is 6. The molecule has 28 rings (SSSR count). The van der Waals surface area contributed by atoms with Gasteiger partial charge in [-0.1, -0.05) is 452 Å². The molecule has 23 aromatic rings. The second kappa shape index (κ2) is 42.9. The maximum absolute atomic E-state index is 12.3. The number of ether oxygens (including phenoxy) is 3. The van der Waals surface area contributed by atoms with Crippen molar-refractivity contribution < 1.29 is 23.7 Å². The number of rotatable bonds is 10. The summed E-state index contributed by atoms with van der Waals surface area (Å²) in [5.41, 5.74) is 31.4. The molecule has 1 unspecified atom stereocenters. The summed E-state index contributed by atoms with van der Waals surface area (Å²) in [5, 5.41) is 16.9. The molecule has 8 nitrogen and oxygen atoms in total. The van der Waals surface area contributed by atoms with Crippen molar-refractivity contribution in [2.45, 2.75) is 16.4 Å². The Labute approximate surface area is 905 Å². The van der Waals surface area contributed by atoms with E-state index in [0.717, 1.165) is 103 Å². The van der Waals surface area contributed by atoms with E-state index in [-0.39, 0.29) is 23.3 Å². The van der Waals surface area contributed by atoms with Gasteiger partial charge in [0.1, 0.15) is 51.3 Å². The van der Waals surface area contributed by atoms with Crippen LogP contribution in [0.1, 0.15) is 61.2 Å². The Morgan fingerprint density at radius 1 is 0.221 bits per heavy atom. The van der Waals surface area contributed by atoms with Gasteiger partial charge in [-0.2, -0.15) is 0 Å². The molecule has 0 saturated carbocycles. The van der Waals surface area contributed by atoms with E-state index in [2.05, 4.69) is 444 Å². The van der Waals surface area contributed by atoms with Gasteiger partial charge in [0.05, 0.1) is 21.6 Å². The van der Waals surface area contributed by atoms with Crippen molar-refractivity contribution in [2.24, 2.45) is 0 Å². The van der Waals surface area contributed by atoms with Gasteiger partial charge in [0.15, 0.2) is 0 Å². The lowest BCUT2D eigenvalue weighted by molar-refractivity contribution is 0.113. The van der Waals surface area contributed by atoms with E-state index < -0.39 is 11.0 Å². The fraction of sp³-hybridized carbons (Fsp3) is 0.0221. The van der Waals surface area contributed by atoms with Gasteiger partial charge in [-0.15, -0.1) is 12.4 Å².